The molecule has 108 valence electrons. The second-order valence-corrected chi connectivity index (χ2v) is 3.92. The molecular weight excluding hydrogens is 282 g/mol. The van der Waals surface area contributed by atoms with Gasteiger partial charge in [-0.3, -0.25) is 4.79 Å². The highest BCUT2D eigenvalue weighted by Crippen LogP contribution is 2.11. The first-order valence-electron chi connectivity index (χ1n) is 5.73. The van der Waals surface area contributed by atoms with Crippen molar-refractivity contribution in [1.82, 2.24) is 15.0 Å². The summed E-state index contributed by atoms with van der Waals surface area (Å²) >= 11 is 0. The Morgan fingerprint density at radius 2 is 1.95 bits per heavy atom. The molecule has 0 saturated carbocycles. The molecule has 0 radical (unpaired) electrons. The van der Waals surface area contributed by atoms with Gasteiger partial charge < -0.3 is 15.8 Å². The highest BCUT2D eigenvalue weighted by molar-refractivity contribution is 5.94. The number of anilines is 1. The minimum atomic E-state index is -0.683. The average molecular weight is 298 g/mol. The van der Waals surface area contributed by atoms with Crippen LogP contribution in [0.5, 0.6) is 0 Å². The van der Waals surface area contributed by atoms with Gasteiger partial charge in [-0.1, -0.05) is 0 Å². The first-order chi connectivity index (χ1) is 9.20. The summed E-state index contributed by atoms with van der Waals surface area (Å²) in [5, 5.41) is 10.7. The van der Waals surface area contributed by atoms with Gasteiger partial charge >= 0.3 is 0 Å². The standard InChI is InChI=1S/C12H15N5O2.ClH/c1-19-8-11(13)12(18)16-9-2-4-10(5-3-9)17-14-6-7-15-17;/h2-7,11H,8,13H2,1H3,(H,16,18);1H. The molecule has 0 bridgehead atoms. The Kier molecular flexibility index (Phi) is 6.10. The number of nitrogens with zero attached hydrogens (tertiary/aromatic N) is 3. The molecule has 7 nitrogen and oxygen atoms in total. The number of carbonyl (C=O) groups is 1. The van der Waals surface area contributed by atoms with Crippen molar-refractivity contribution in [2.75, 3.05) is 19.0 Å². The molecule has 1 aromatic carbocycles. The Bertz CT molecular complexity index is 529. The predicted octanol–water partition coefficient (Wildman–Crippen LogP) is 0.601. The van der Waals surface area contributed by atoms with Gasteiger partial charge in [-0.15, -0.1) is 12.4 Å². The molecule has 2 aromatic rings. The Morgan fingerprint density at radius 1 is 1.35 bits per heavy atom. The Balaban J connectivity index is 0.00000200. The third-order valence-electron chi connectivity index (χ3n) is 2.47. The van der Waals surface area contributed by atoms with Gasteiger partial charge in [-0.25, -0.2) is 0 Å². The van der Waals surface area contributed by atoms with Crippen LogP contribution in [-0.4, -0.2) is 40.7 Å². The zero-order valence-electron chi connectivity index (χ0n) is 10.9. The van der Waals surface area contributed by atoms with Crippen molar-refractivity contribution in [2.24, 2.45) is 5.73 Å². The maximum Gasteiger partial charge on any atom is 0.243 e. The lowest BCUT2D eigenvalue weighted by Crippen LogP contribution is -2.39. The fourth-order valence-electron chi connectivity index (χ4n) is 1.52. The number of amides is 1. The zero-order valence-corrected chi connectivity index (χ0v) is 11.7. The summed E-state index contributed by atoms with van der Waals surface area (Å²) in [6, 6.07) is 6.44. The van der Waals surface area contributed by atoms with Crippen LogP contribution < -0.4 is 11.1 Å². The monoisotopic (exact) mass is 297 g/mol. The third kappa shape index (κ3) is 4.02. The van der Waals surface area contributed by atoms with Gasteiger partial charge in [-0.05, 0) is 24.3 Å². The number of hydrogen-bond donors (Lipinski definition) is 2. The number of ether oxygens (including phenoxy) is 1. The van der Waals surface area contributed by atoms with Crippen molar-refractivity contribution in [2.45, 2.75) is 6.04 Å². The van der Waals surface area contributed by atoms with Gasteiger partial charge in [-0.2, -0.15) is 15.0 Å². The molecular formula is C12H16ClN5O2. The second kappa shape index (κ2) is 7.59. The van der Waals surface area contributed by atoms with E-state index in [0.29, 0.717) is 5.69 Å². The molecule has 2 rings (SSSR count). The van der Waals surface area contributed by atoms with Crippen LogP contribution in [0.3, 0.4) is 0 Å². The molecule has 1 aromatic heterocycles. The SMILES string of the molecule is COCC(N)C(=O)Nc1ccc(-n2nccn2)cc1.Cl. The predicted molar refractivity (Wildman–Crippen MR) is 77.1 cm³/mol. The van der Waals surface area contributed by atoms with Crippen molar-refractivity contribution in [3.8, 4) is 5.69 Å². The average Bonchev–Trinajstić information content (AvgIpc) is 2.94. The fourth-order valence-corrected chi connectivity index (χ4v) is 1.52. The summed E-state index contributed by atoms with van der Waals surface area (Å²) < 4.78 is 4.82. The zero-order chi connectivity index (χ0) is 13.7. The van der Waals surface area contributed by atoms with Crippen molar-refractivity contribution in [1.29, 1.82) is 0 Å². The van der Waals surface area contributed by atoms with Crippen LogP contribution in [0.4, 0.5) is 5.69 Å². The van der Waals surface area contributed by atoms with E-state index in [9.17, 15) is 4.79 Å². The van der Waals surface area contributed by atoms with Gasteiger partial charge in [0.05, 0.1) is 24.7 Å². The quantitative estimate of drug-likeness (QED) is 0.843. The molecule has 1 unspecified atom stereocenters. The summed E-state index contributed by atoms with van der Waals surface area (Å²) in [5.74, 6) is -0.285. The Morgan fingerprint density at radius 3 is 2.50 bits per heavy atom. The van der Waals surface area contributed by atoms with E-state index in [4.69, 9.17) is 10.5 Å². The smallest absolute Gasteiger partial charge is 0.243 e. The molecule has 0 fully saturated rings. The lowest BCUT2D eigenvalue weighted by atomic mass is 10.2. The summed E-state index contributed by atoms with van der Waals surface area (Å²) in [4.78, 5) is 13.2. The first kappa shape index (κ1) is 16.1. The molecule has 0 aliphatic carbocycles. The number of nitrogens with one attached hydrogen (secondary N) is 1. The summed E-state index contributed by atoms with van der Waals surface area (Å²) in [7, 11) is 1.50. The number of halogens is 1. The maximum absolute atomic E-state index is 11.7. The van der Waals surface area contributed by atoms with Crippen LogP contribution in [0, 0.1) is 0 Å². The Labute approximate surface area is 122 Å². The second-order valence-electron chi connectivity index (χ2n) is 3.92. The van der Waals surface area contributed by atoms with Crippen LogP contribution in [0.2, 0.25) is 0 Å². The van der Waals surface area contributed by atoms with Crippen LogP contribution >= 0.6 is 12.4 Å². The number of hydrogen-bond acceptors (Lipinski definition) is 5. The normalized spacial score (nSPS) is 11.5. The molecule has 20 heavy (non-hydrogen) atoms. The first-order valence-corrected chi connectivity index (χ1v) is 5.73. The molecule has 3 N–H and O–H groups in total. The van der Waals surface area contributed by atoms with Crippen molar-refractivity contribution >= 4 is 24.0 Å². The highest BCUT2D eigenvalue weighted by Gasteiger charge is 2.12. The van der Waals surface area contributed by atoms with E-state index in [2.05, 4.69) is 15.5 Å². The van der Waals surface area contributed by atoms with Crippen LogP contribution in [0.15, 0.2) is 36.7 Å². The van der Waals surface area contributed by atoms with Crippen molar-refractivity contribution in [3.05, 3.63) is 36.7 Å². The number of methoxy groups -OCH3 is 1. The largest absolute Gasteiger partial charge is 0.383 e. The van der Waals surface area contributed by atoms with E-state index in [-0.39, 0.29) is 24.9 Å². The van der Waals surface area contributed by atoms with Gasteiger partial charge in [0.2, 0.25) is 5.91 Å². The molecule has 0 saturated heterocycles. The number of benzene rings is 1. The van der Waals surface area contributed by atoms with Crippen molar-refractivity contribution < 1.29 is 9.53 Å². The summed E-state index contributed by atoms with van der Waals surface area (Å²) in [6.45, 7) is 0.182. The molecule has 8 heteroatoms. The number of aromatic nitrogens is 3. The number of nitrogens with two attached hydrogens (primary N) is 1. The van der Waals surface area contributed by atoms with Crippen LogP contribution in [-0.2, 0) is 9.53 Å². The fraction of sp³-hybridized carbons (Fsp3) is 0.250. The van der Waals surface area contributed by atoms with E-state index >= 15 is 0 Å². The minimum Gasteiger partial charge on any atom is -0.383 e. The molecule has 0 spiro atoms. The van der Waals surface area contributed by atoms with E-state index < -0.39 is 6.04 Å². The van der Waals surface area contributed by atoms with E-state index in [1.165, 1.54) is 11.9 Å². The minimum absolute atomic E-state index is 0. The van der Waals surface area contributed by atoms with E-state index in [1.54, 1.807) is 36.7 Å². The number of carbonyl (C=O) groups excluding carboxylic acids is 1. The lowest BCUT2D eigenvalue weighted by Gasteiger charge is -2.11. The summed E-state index contributed by atoms with van der Waals surface area (Å²) in [6.07, 6.45) is 3.19. The Hall–Kier alpha value is -1.96. The molecule has 1 atom stereocenters. The maximum atomic E-state index is 11.7. The number of rotatable bonds is 5. The highest BCUT2D eigenvalue weighted by atomic mass is 35.5. The van der Waals surface area contributed by atoms with E-state index in [1.807, 2.05) is 0 Å². The van der Waals surface area contributed by atoms with Gasteiger partial charge in [0, 0.05) is 12.8 Å². The van der Waals surface area contributed by atoms with Gasteiger partial charge in [0.25, 0.3) is 0 Å². The van der Waals surface area contributed by atoms with Gasteiger partial charge in [0.1, 0.15) is 6.04 Å². The lowest BCUT2D eigenvalue weighted by molar-refractivity contribution is -0.118. The molecule has 0 aliphatic heterocycles. The molecule has 1 amide bonds. The summed E-state index contributed by atoms with van der Waals surface area (Å²) in [5.41, 5.74) is 7.09. The third-order valence-corrected chi connectivity index (χ3v) is 2.47. The van der Waals surface area contributed by atoms with Crippen LogP contribution in [0.25, 0.3) is 5.69 Å². The molecule has 1 heterocycles. The van der Waals surface area contributed by atoms with Gasteiger partial charge in [0.15, 0.2) is 0 Å². The topological polar surface area (TPSA) is 95.1 Å². The van der Waals surface area contributed by atoms with E-state index in [0.717, 1.165) is 5.69 Å². The van der Waals surface area contributed by atoms with Crippen LogP contribution in [0.1, 0.15) is 0 Å². The van der Waals surface area contributed by atoms with Crippen molar-refractivity contribution in [3.63, 3.8) is 0 Å². The molecule has 0 aliphatic rings.